The van der Waals surface area contributed by atoms with Gasteiger partial charge in [0.2, 0.25) is 11.9 Å². The molecule has 38 heavy (non-hydrogen) atoms. The van der Waals surface area contributed by atoms with Crippen molar-refractivity contribution in [3.8, 4) is 5.82 Å². The molecule has 204 valence electrons. The molecule has 2 aliphatic rings. The fourth-order valence-electron chi connectivity index (χ4n) is 4.92. The molecule has 1 aliphatic carbocycles. The highest BCUT2D eigenvalue weighted by Gasteiger charge is 2.29. The molecule has 3 heterocycles. The zero-order chi connectivity index (χ0) is 26.9. The van der Waals surface area contributed by atoms with Crippen molar-refractivity contribution in [1.82, 2.24) is 24.8 Å². The molecule has 12 heteroatoms. The van der Waals surface area contributed by atoms with E-state index in [0.717, 1.165) is 25.7 Å². The third kappa shape index (κ3) is 5.70. The van der Waals surface area contributed by atoms with Crippen LogP contribution in [-0.4, -0.2) is 69.4 Å². The molecule has 0 spiro atoms. The number of aromatic nitrogens is 4. The summed E-state index contributed by atoms with van der Waals surface area (Å²) in [4.78, 5) is 28.0. The lowest BCUT2D eigenvalue weighted by atomic mass is 9.90. The van der Waals surface area contributed by atoms with Gasteiger partial charge in [0, 0.05) is 31.2 Å². The summed E-state index contributed by atoms with van der Waals surface area (Å²) in [5.41, 5.74) is 6.02. The second kappa shape index (κ2) is 10.8. The highest BCUT2D eigenvalue weighted by atomic mass is 19.3. The number of rotatable bonds is 7. The number of para-hydroxylation sites is 2. The monoisotopic (exact) mass is 528 g/mol. The maximum absolute atomic E-state index is 14.1. The predicted octanol–water partition coefficient (Wildman–Crippen LogP) is 3.17. The van der Waals surface area contributed by atoms with Gasteiger partial charge in [0.05, 0.1) is 29.8 Å². The molecule has 2 aromatic heterocycles. The minimum Gasteiger partial charge on any atom is -0.378 e. The van der Waals surface area contributed by atoms with Gasteiger partial charge in [-0.2, -0.15) is 9.97 Å². The number of imidazole rings is 1. The van der Waals surface area contributed by atoms with E-state index in [-0.39, 0.29) is 23.8 Å². The first-order chi connectivity index (χ1) is 18.2. The van der Waals surface area contributed by atoms with Gasteiger partial charge in [-0.1, -0.05) is 12.1 Å². The number of nitrogens with two attached hydrogens (primary N) is 1. The lowest BCUT2D eigenvalue weighted by molar-refractivity contribution is -0.126. The van der Waals surface area contributed by atoms with Crippen LogP contribution in [0.25, 0.3) is 16.9 Å². The standard InChI is InChI=1S/C26H34F2N8O2/c1-26(2,29)24(37)30-16-7-9-17(10-8-16)31-25-33-20(35-11-13-38-14-12-35)15-21(34-25)36-19-6-4-3-5-18(19)32-23(36)22(27)28/h3-6,15-17,22H,7-14,29H2,1-2H3,(H,30,37)(H,31,33,34). The van der Waals surface area contributed by atoms with E-state index in [4.69, 9.17) is 15.5 Å². The van der Waals surface area contributed by atoms with E-state index in [2.05, 4.69) is 25.5 Å². The van der Waals surface area contributed by atoms with Crippen LogP contribution in [0.3, 0.4) is 0 Å². The van der Waals surface area contributed by atoms with Crippen LogP contribution >= 0.6 is 0 Å². The second-order valence-corrected chi connectivity index (χ2v) is 10.5. The molecule has 1 saturated carbocycles. The molecular formula is C26H34F2N8O2. The molecule has 10 nitrogen and oxygen atoms in total. The number of carbonyl (C=O) groups is 1. The summed E-state index contributed by atoms with van der Waals surface area (Å²) in [6.45, 7) is 5.79. The van der Waals surface area contributed by atoms with Gasteiger partial charge < -0.3 is 26.0 Å². The number of morpholine rings is 1. The largest absolute Gasteiger partial charge is 0.378 e. The normalized spacial score (nSPS) is 20.6. The van der Waals surface area contributed by atoms with Crippen molar-refractivity contribution in [2.45, 2.75) is 63.6 Å². The first-order valence-corrected chi connectivity index (χ1v) is 13.0. The van der Waals surface area contributed by atoms with Crippen LogP contribution in [0.5, 0.6) is 0 Å². The number of amides is 1. The van der Waals surface area contributed by atoms with E-state index < -0.39 is 12.0 Å². The summed E-state index contributed by atoms with van der Waals surface area (Å²) in [5.74, 6) is 0.826. The molecule has 5 rings (SSSR count). The van der Waals surface area contributed by atoms with Crippen molar-refractivity contribution < 1.29 is 18.3 Å². The van der Waals surface area contributed by atoms with Crippen molar-refractivity contribution in [2.75, 3.05) is 36.5 Å². The van der Waals surface area contributed by atoms with E-state index >= 15 is 0 Å². The second-order valence-electron chi connectivity index (χ2n) is 10.5. The molecule has 1 amide bonds. The molecule has 0 unspecified atom stereocenters. The fourth-order valence-corrected chi connectivity index (χ4v) is 4.92. The van der Waals surface area contributed by atoms with Gasteiger partial charge in [0.15, 0.2) is 5.82 Å². The zero-order valence-electron chi connectivity index (χ0n) is 21.7. The number of carbonyl (C=O) groups excluding carboxylic acids is 1. The highest BCUT2D eigenvalue weighted by molar-refractivity contribution is 5.85. The van der Waals surface area contributed by atoms with E-state index in [1.54, 1.807) is 44.2 Å². The average Bonchev–Trinajstić information content (AvgIpc) is 3.30. The average molecular weight is 529 g/mol. The molecular weight excluding hydrogens is 494 g/mol. The van der Waals surface area contributed by atoms with Crippen molar-refractivity contribution in [2.24, 2.45) is 5.73 Å². The molecule has 0 radical (unpaired) electrons. The minimum atomic E-state index is -2.77. The Balaban J connectivity index is 1.42. The Bertz CT molecular complexity index is 1280. The number of halogens is 2. The van der Waals surface area contributed by atoms with Crippen molar-refractivity contribution in [3.05, 3.63) is 36.2 Å². The van der Waals surface area contributed by atoms with Crippen LogP contribution < -0.4 is 21.3 Å². The van der Waals surface area contributed by atoms with Crippen LogP contribution in [0.4, 0.5) is 20.5 Å². The lowest BCUT2D eigenvalue weighted by Gasteiger charge is -2.32. The van der Waals surface area contributed by atoms with E-state index in [0.29, 0.717) is 54.9 Å². The highest BCUT2D eigenvalue weighted by Crippen LogP contribution is 2.30. The number of nitrogens with one attached hydrogen (secondary N) is 2. The van der Waals surface area contributed by atoms with Gasteiger partial charge in [0.1, 0.15) is 11.6 Å². The Morgan fingerprint density at radius 1 is 1.05 bits per heavy atom. The SMILES string of the molecule is CC(C)(N)C(=O)NC1CCC(Nc2nc(N3CCOCC3)cc(-n3c(C(F)F)nc4ccccc43)n2)CC1. The summed E-state index contributed by atoms with van der Waals surface area (Å²) in [7, 11) is 0. The summed E-state index contributed by atoms with van der Waals surface area (Å²) in [6, 6.07) is 8.91. The molecule has 0 atom stereocenters. The van der Waals surface area contributed by atoms with Gasteiger partial charge >= 0.3 is 0 Å². The van der Waals surface area contributed by atoms with E-state index in [1.165, 1.54) is 4.57 Å². The molecule has 0 bridgehead atoms. The predicted molar refractivity (Wildman–Crippen MR) is 141 cm³/mol. The van der Waals surface area contributed by atoms with Gasteiger partial charge in [-0.05, 0) is 51.7 Å². The molecule has 1 aromatic carbocycles. The molecule has 3 aromatic rings. The van der Waals surface area contributed by atoms with Gasteiger partial charge in [0.25, 0.3) is 6.43 Å². The van der Waals surface area contributed by atoms with Gasteiger partial charge in [-0.3, -0.25) is 9.36 Å². The zero-order valence-corrected chi connectivity index (χ0v) is 21.7. The minimum absolute atomic E-state index is 0.0606. The van der Waals surface area contributed by atoms with Crippen LogP contribution in [0.15, 0.2) is 30.3 Å². The topological polar surface area (TPSA) is 123 Å². The third-order valence-corrected chi connectivity index (χ3v) is 7.03. The van der Waals surface area contributed by atoms with Crippen LogP contribution in [0.2, 0.25) is 0 Å². The number of nitrogens with zero attached hydrogens (tertiary/aromatic N) is 5. The third-order valence-electron chi connectivity index (χ3n) is 7.03. The van der Waals surface area contributed by atoms with Crippen LogP contribution in [0.1, 0.15) is 51.8 Å². The van der Waals surface area contributed by atoms with E-state index in [9.17, 15) is 13.6 Å². The van der Waals surface area contributed by atoms with Crippen molar-refractivity contribution in [1.29, 1.82) is 0 Å². The quantitative estimate of drug-likeness (QED) is 0.427. The maximum atomic E-state index is 14.1. The summed E-state index contributed by atoms with van der Waals surface area (Å²) in [5, 5.41) is 6.46. The number of fused-ring (bicyclic) bond motifs is 1. The molecule has 1 aliphatic heterocycles. The number of benzene rings is 1. The Hall–Kier alpha value is -3.38. The lowest BCUT2D eigenvalue weighted by Crippen LogP contribution is -2.53. The first-order valence-electron chi connectivity index (χ1n) is 13.0. The molecule has 1 saturated heterocycles. The van der Waals surface area contributed by atoms with Crippen LogP contribution in [-0.2, 0) is 9.53 Å². The Morgan fingerprint density at radius 3 is 2.39 bits per heavy atom. The molecule has 2 fully saturated rings. The summed E-state index contributed by atoms with van der Waals surface area (Å²) < 4.78 is 35.1. The Morgan fingerprint density at radius 2 is 1.71 bits per heavy atom. The summed E-state index contributed by atoms with van der Waals surface area (Å²) >= 11 is 0. The molecule has 4 N–H and O–H groups in total. The van der Waals surface area contributed by atoms with Crippen molar-refractivity contribution >= 4 is 28.7 Å². The Labute approximate surface area is 220 Å². The number of ether oxygens (including phenoxy) is 1. The summed E-state index contributed by atoms with van der Waals surface area (Å²) in [6.07, 6.45) is 0.401. The number of anilines is 2. The van der Waals surface area contributed by atoms with Gasteiger partial charge in [-0.15, -0.1) is 0 Å². The Kier molecular flexibility index (Phi) is 7.44. The van der Waals surface area contributed by atoms with Crippen molar-refractivity contribution in [3.63, 3.8) is 0 Å². The fraction of sp³-hybridized carbons (Fsp3) is 0.538. The van der Waals surface area contributed by atoms with E-state index in [1.807, 2.05) is 0 Å². The number of alkyl halides is 2. The van der Waals surface area contributed by atoms with Gasteiger partial charge in [-0.25, -0.2) is 13.8 Å². The maximum Gasteiger partial charge on any atom is 0.296 e. The van der Waals surface area contributed by atoms with Crippen LogP contribution in [0, 0.1) is 0 Å². The number of hydrogen-bond donors (Lipinski definition) is 3. The smallest absolute Gasteiger partial charge is 0.296 e. The first kappa shape index (κ1) is 26.2. The number of hydrogen-bond acceptors (Lipinski definition) is 8.